The van der Waals surface area contributed by atoms with Crippen molar-refractivity contribution in [3.05, 3.63) is 35.4 Å². The smallest absolute Gasteiger partial charge is 0.326 e. The predicted octanol–water partition coefficient (Wildman–Crippen LogP) is 0.897. The maximum absolute atomic E-state index is 14.4. The van der Waals surface area contributed by atoms with E-state index in [1.165, 1.54) is 9.80 Å². The van der Waals surface area contributed by atoms with Gasteiger partial charge in [-0.1, -0.05) is 82.1 Å². The minimum atomic E-state index is -1.26. The highest BCUT2D eigenvalue weighted by Gasteiger charge is 2.51. The van der Waals surface area contributed by atoms with E-state index in [0.717, 1.165) is 88.2 Å². The van der Waals surface area contributed by atoms with Crippen LogP contribution in [0.1, 0.15) is 152 Å². The lowest BCUT2D eigenvalue weighted by molar-refractivity contribution is -0.156. The number of nitrogens with one attached hydrogen (secondary N) is 4. The first-order valence-corrected chi connectivity index (χ1v) is 26.6. The standard InChI is InChI=1S/C51H86N12O9/c52-26-14-12-21-37(54)45(66)60-39(22-13-15-27-53)47(68)61-38(23-17-29-58-51(55)56)46(67)57-28-16-6-4-2-1-3-5-7-25-44(65)59-40(33-64)48(69)62-32-36-20-9-8-18-34(36)30-42(62)49(70)63-41-24-11-10-19-35(41)31-43(63)50(71)72/h8-9,18,20,35,37-43,64H,1-7,10-17,19,21-33,52-54H2,(H,57,67)(H,59,65)(H,60,66)(H,61,68)(H,71,72)(H4,55,56,58)/t35-,37-,38-,39-,40-,41-,42+,43?/m0/s1. The van der Waals surface area contributed by atoms with E-state index in [1.54, 1.807) is 0 Å². The molecule has 2 heterocycles. The molecule has 1 aromatic carbocycles. The van der Waals surface area contributed by atoms with Crippen molar-refractivity contribution in [1.29, 1.82) is 0 Å². The van der Waals surface area contributed by atoms with Crippen LogP contribution in [0, 0.1) is 5.92 Å². The molecule has 4 rings (SSSR count). The van der Waals surface area contributed by atoms with Crippen molar-refractivity contribution in [2.24, 2.45) is 39.6 Å². The van der Waals surface area contributed by atoms with Crippen LogP contribution in [0.3, 0.4) is 0 Å². The molecule has 0 spiro atoms. The summed E-state index contributed by atoms with van der Waals surface area (Å²) in [6, 6.07) is 1.57. The normalized spacial score (nSPS) is 19.9. The van der Waals surface area contributed by atoms with E-state index in [1.807, 2.05) is 24.3 Å². The molecule has 1 saturated carbocycles. The Labute approximate surface area is 425 Å². The minimum absolute atomic E-state index is 0.0729. The van der Waals surface area contributed by atoms with Gasteiger partial charge in [0.2, 0.25) is 35.4 Å². The van der Waals surface area contributed by atoms with Gasteiger partial charge in [-0.15, -0.1) is 0 Å². The Morgan fingerprint density at radius 1 is 0.694 bits per heavy atom. The van der Waals surface area contributed by atoms with Gasteiger partial charge in [-0.3, -0.25) is 33.8 Å². The van der Waals surface area contributed by atoms with E-state index in [4.69, 9.17) is 28.7 Å². The number of carboxylic acid groups (broad SMARTS) is 1. The molecule has 1 saturated heterocycles. The predicted molar refractivity (Wildman–Crippen MR) is 274 cm³/mol. The van der Waals surface area contributed by atoms with Crippen LogP contribution in [0.5, 0.6) is 0 Å². The van der Waals surface area contributed by atoms with Gasteiger partial charge in [0.25, 0.3) is 0 Å². The summed E-state index contributed by atoms with van der Waals surface area (Å²) in [6.07, 6.45) is 15.1. The monoisotopic (exact) mass is 1010 g/mol. The number of amides is 6. The van der Waals surface area contributed by atoms with Crippen LogP contribution >= 0.6 is 0 Å². The average molecular weight is 1010 g/mol. The van der Waals surface area contributed by atoms with Crippen molar-refractivity contribution >= 4 is 47.4 Å². The fraction of sp³-hybridized carbons (Fsp3) is 0.725. The summed E-state index contributed by atoms with van der Waals surface area (Å²) in [5.74, 6) is -3.64. The number of nitrogens with zero attached hydrogens (tertiary/aromatic N) is 3. The highest BCUT2D eigenvalue weighted by molar-refractivity contribution is 5.95. The van der Waals surface area contributed by atoms with Crippen LogP contribution in [-0.2, 0) is 46.5 Å². The number of hydrogen-bond acceptors (Lipinski definition) is 12. The number of likely N-dealkylation sites (tertiary alicyclic amines) is 1. The maximum Gasteiger partial charge on any atom is 0.326 e. The quantitative estimate of drug-likeness (QED) is 0.0265. The Bertz CT molecular complexity index is 1940. The highest BCUT2D eigenvalue weighted by Crippen LogP contribution is 2.41. The second-order valence-electron chi connectivity index (χ2n) is 19.8. The van der Waals surface area contributed by atoms with Crippen molar-refractivity contribution in [3.8, 4) is 0 Å². The molecule has 16 N–H and O–H groups in total. The first kappa shape index (κ1) is 59.2. The molecule has 0 aromatic heterocycles. The van der Waals surface area contributed by atoms with E-state index in [0.29, 0.717) is 71.0 Å². The van der Waals surface area contributed by atoms with Gasteiger partial charge in [-0.25, -0.2) is 4.79 Å². The number of hydrogen-bond donors (Lipinski definition) is 11. The molecule has 0 bridgehead atoms. The molecular weight excluding hydrogens is 925 g/mol. The number of aliphatic hydroxyl groups is 1. The molecule has 3 aliphatic rings. The molecule has 6 amide bonds. The van der Waals surface area contributed by atoms with Crippen LogP contribution in [-0.4, -0.2) is 142 Å². The zero-order valence-corrected chi connectivity index (χ0v) is 42.4. The number of guanidine groups is 1. The average Bonchev–Trinajstić information content (AvgIpc) is 3.77. The molecule has 72 heavy (non-hydrogen) atoms. The molecule has 2 fully saturated rings. The summed E-state index contributed by atoms with van der Waals surface area (Å²) in [4.78, 5) is 101. The molecule has 1 aromatic rings. The van der Waals surface area contributed by atoms with Gasteiger partial charge in [0, 0.05) is 38.5 Å². The number of nitrogens with two attached hydrogens (primary N) is 5. The number of aliphatic hydroxyl groups excluding tert-OH is 1. The van der Waals surface area contributed by atoms with E-state index >= 15 is 0 Å². The molecule has 21 heteroatoms. The number of aliphatic imine (C=N–C) groups is 1. The first-order chi connectivity index (χ1) is 34.7. The topological polar surface area (TPSA) is 357 Å². The molecule has 1 aliphatic carbocycles. The van der Waals surface area contributed by atoms with Crippen LogP contribution in [0.15, 0.2) is 29.3 Å². The molecule has 21 nitrogen and oxygen atoms in total. The third kappa shape index (κ3) is 18.9. The minimum Gasteiger partial charge on any atom is -0.480 e. The van der Waals surface area contributed by atoms with Crippen LogP contribution < -0.4 is 49.9 Å². The summed E-state index contributed by atoms with van der Waals surface area (Å²) in [5, 5.41) is 31.8. The Morgan fingerprint density at radius 3 is 1.97 bits per heavy atom. The second kappa shape index (κ2) is 31.9. The number of rotatable bonds is 33. The summed E-state index contributed by atoms with van der Waals surface area (Å²) < 4.78 is 0. The van der Waals surface area contributed by atoms with Gasteiger partial charge in [0.1, 0.15) is 30.2 Å². The van der Waals surface area contributed by atoms with Crippen molar-refractivity contribution < 1.29 is 43.8 Å². The third-order valence-electron chi connectivity index (χ3n) is 14.4. The van der Waals surface area contributed by atoms with E-state index in [-0.39, 0.29) is 62.1 Å². The van der Waals surface area contributed by atoms with Crippen LogP contribution in [0.2, 0.25) is 0 Å². The fourth-order valence-corrected chi connectivity index (χ4v) is 10.3. The molecule has 2 aliphatic heterocycles. The molecule has 404 valence electrons. The summed E-state index contributed by atoms with van der Waals surface area (Å²) in [5.41, 5.74) is 30.1. The lowest BCUT2D eigenvalue weighted by atomic mass is 9.84. The zero-order chi connectivity index (χ0) is 52.4. The summed E-state index contributed by atoms with van der Waals surface area (Å²) >= 11 is 0. The number of unbranched alkanes of at least 4 members (excludes halogenated alkanes) is 9. The Morgan fingerprint density at radius 2 is 1.31 bits per heavy atom. The zero-order valence-electron chi connectivity index (χ0n) is 42.4. The molecule has 0 radical (unpaired) electrons. The van der Waals surface area contributed by atoms with Gasteiger partial charge in [0.15, 0.2) is 5.96 Å². The summed E-state index contributed by atoms with van der Waals surface area (Å²) in [6.45, 7) is 1.05. The second-order valence-corrected chi connectivity index (χ2v) is 19.8. The number of carbonyl (C=O) groups excluding carboxylic acids is 6. The van der Waals surface area contributed by atoms with E-state index < -0.39 is 72.5 Å². The third-order valence-corrected chi connectivity index (χ3v) is 14.4. The maximum atomic E-state index is 14.4. The van der Waals surface area contributed by atoms with Gasteiger partial charge in [0.05, 0.1) is 12.6 Å². The largest absolute Gasteiger partial charge is 0.480 e. The van der Waals surface area contributed by atoms with Gasteiger partial charge >= 0.3 is 5.97 Å². The lowest BCUT2D eigenvalue weighted by Crippen LogP contribution is -2.61. The highest BCUT2D eigenvalue weighted by atomic mass is 16.4. The van der Waals surface area contributed by atoms with E-state index in [2.05, 4.69) is 26.3 Å². The molecular formula is C51H86N12O9. The van der Waals surface area contributed by atoms with Gasteiger partial charge in [-0.05, 0) is 107 Å². The molecule has 8 atom stereocenters. The van der Waals surface area contributed by atoms with Crippen molar-refractivity contribution in [2.45, 2.75) is 197 Å². The van der Waals surface area contributed by atoms with E-state index in [9.17, 15) is 43.8 Å². The lowest BCUT2D eigenvalue weighted by Gasteiger charge is -2.42. The van der Waals surface area contributed by atoms with Crippen molar-refractivity contribution in [2.75, 3.05) is 32.8 Å². The first-order valence-electron chi connectivity index (χ1n) is 26.6. The number of carboxylic acids is 1. The summed E-state index contributed by atoms with van der Waals surface area (Å²) in [7, 11) is 0. The number of aliphatic carboxylic acids is 1. The molecule has 1 unspecified atom stereocenters. The number of fused-ring (bicyclic) bond motifs is 2. The van der Waals surface area contributed by atoms with Crippen molar-refractivity contribution in [1.82, 2.24) is 31.1 Å². The number of carbonyl (C=O) groups is 7. The Balaban J connectivity index is 1.18. The van der Waals surface area contributed by atoms with Crippen LogP contribution in [0.4, 0.5) is 0 Å². The number of benzene rings is 1. The van der Waals surface area contributed by atoms with Crippen LogP contribution in [0.25, 0.3) is 0 Å². The Hall–Kier alpha value is -5.38. The SMILES string of the molecule is NCCCC[C@H](NC(=O)[C@@H](N)CCCCN)C(=O)N[C@@H](CCCN=C(N)N)C(=O)NCCCCCCCCCCC(=O)N[C@@H](CO)C(=O)N1Cc2ccccc2C[C@@H]1C(=O)N1C(C(=O)O)C[C@@H]2CCCC[C@@H]21. The fourth-order valence-electron chi connectivity index (χ4n) is 10.3. The van der Waals surface area contributed by atoms with Gasteiger partial charge in [-0.2, -0.15) is 0 Å². The van der Waals surface area contributed by atoms with Crippen molar-refractivity contribution in [3.63, 3.8) is 0 Å². The van der Waals surface area contributed by atoms with Gasteiger partial charge < -0.3 is 69.9 Å². The Kier molecular flexibility index (Phi) is 26.3.